The third-order valence-electron chi connectivity index (χ3n) is 4.13. The fraction of sp³-hybridized carbons (Fsp3) is 0.250. The van der Waals surface area contributed by atoms with Crippen molar-refractivity contribution < 1.29 is 4.79 Å². The van der Waals surface area contributed by atoms with Gasteiger partial charge in [0.25, 0.3) is 0 Å². The minimum atomic E-state index is 0.00590. The van der Waals surface area contributed by atoms with Gasteiger partial charge in [0.15, 0.2) is 11.0 Å². The standard InChI is InChI=1S/C20H22N4OS/c1-15-8-6-7-11-17(15)19-22-23-20(24(19)2)26-14-18(25)21-13-12-16-9-4-3-5-10-16/h3-11H,12-14H2,1-2H3,(H,21,25). The van der Waals surface area contributed by atoms with E-state index in [1.54, 1.807) is 0 Å². The Labute approximate surface area is 157 Å². The van der Waals surface area contributed by atoms with Gasteiger partial charge < -0.3 is 9.88 Å². The molecule has 0 atom stereocenters. The van der Waals surface area contributed by atoms with Crippen LogP contribution in [0.15, 0.2) is 59.8 Å². The van der Waals surface area contributed by atoms with Crippen LogP contribution in [-0.4, -0.2) is 33.0 Å². The molecule has 1 heterocycles. The Morgan fingerprint density at radius 3 is 2.58 bits per heavy atom. The Balaban J connectivity index is 1.52. The lowest BCUT2D eigenvalue weighted by atomic mass is 10.1. The number of carbonyl (C=O) groups is 1. The van der Waals surface area contributed by atoms with Crippen LogP contribution in [0.2, 0.25) is 0 Å². The summed E-state index contributed by atoms with van der Waals surface area (Å²) in [6.45, 7) is 2.69. The molecule has 0 saturated heterocycles. The third-order valence-corrected chi connectivity index (χ3v) is 5.15. The molecule has 0 aliphatic carbocycles. The van der Waals surface area contributed by atoms with E-state index >= 15 is 0 Å². The third kappa shape index (κ3) is 4.52. The quantitative estimate of drug-likeness (QED) is 0.652. The first kappa shape index (κ1) is 18.2. The predicted octanol–water partition coefficient (Wildman–Crippen LogP) is 3.24. The van der Waals surface area contributed by atoms with Gasteiger partial charge in [0.2, 0.25) is 5.91 Å². The predicted molar refractivity (Wildman–Crippen MR) is 105 cm³/mol. The number of thioether (sulfide) groups is 1. The number of aryl methyl sites for hydroxylation is 1. The number of benzene rings is 2. The van der Waals surface area contributed by atoms with E-state index in [4.69, 9.17) is 0 Å². The zero-order chi connectivity index (χ0) is 18.4. The van der Waals surface area contributed by atoms with Crippen molar-refractivity contribution in [3.63, 3.8) is 0 Å². The van der Waals surface area contributed by atoms with Crippen LogP contribution < -0.4 is 5.32 Å². The molecule has 3 aromatic rings. The van der Waals surface area contributed by atoms with Crippen LogP contribution in [0, 0.1) is 6.92 Å². The minimum Gasteiger partial charge on any atom is -0.355 e. The maximum atomic E-state index is 12.1. The van der Waals surface area contributed by atoms with E-state index in [2.05, 4.69) is 40.6 Å². The summed E-state index contributed by atoms with van der Waals surface area (Å²) in [7, 11) is 1.93. The fourth-order valence-electron chi connectivity index (χ4n) is 2.67. The molecule has 0 aliphatic heterocycles. The van der Waals surface area contributed by atoms with Gasteiger partial charge in [-0.05, 0) is 24.5 Å². The normalized spacial score (nSPS) is 10.7. The van der Waals surface area contributed by atoms with Crippen LogP contribution in [0.1, 0.15) is 11.1 Å². The van der Waals surface area contributed by atoms with E-state index in [1.807, 2.05) is 48.0 Å². The SMILES string of the molecule is Cc1ccccc1-c1nnc(SCC(=O)NCCc2ccccc2)n1C. The van der Waals surface area contributed by atoms with Crippen molar-refractivity contribution in [3.05, 3.63) is 65.7 Å². The van der Waals surface area contributed by atoms with Gasteiger partial charge in [0, 0.05) is 19.2 Å². The lowest BCUT2D eigenvalue weighted by Crippen LogP contribution is -2.27. The molecule has 26 heavy (non-hydrogen) atoms. The lowest BCUT2D eigenvalue weighted by molar-refractivity contribution is -0.118. The van der Waals surface area contributed by atoms with Gasteiger partial charge in [-0.15, -0.1) is 10.2 Å². The fourth-order valence-corrected chi connectivity index (χ4v) is 3.41. The summed E-state index contributed by atoms with van der Waals surface area (Å²) in [4.78, 5) is 12.1. The Hall–Kier alpha value is -2.60. The van der Waals surface area contributed by atoms with Crippen molar-refractivity contribution in [2.45, 2.75) is 18.5 Å². The molecule has 1 amide bonds. The molecular weight excluding hydrogens is 344 g/mol. The molecule has 0 spiro atoms. The van der Waals surface area contributed by atoms with Crippen molar-refractivity contribution in [2.75, 3.05) is 12.3 Å². The molecule has 0 aliphatic rings. The summed E-state index contributed by atoms with van der Waals surface area (Å²) in [5.74, 6) is 1.15. The molecule has 0 unspecified atom stereocenters. The van der Waals surface area contributed by atoms with Gasteiger partial charge in [-0.2, -0.15) is 0 Å². The summed E-state index contributed by atoms with van der Waals surface area (Å²) >= 11 is 1.40. The van der Waals surface area contributed by atoms with Crippen LogP contribution in [-0.2, 0) is 18.3 Å². The topological polar surface area (TPSA) is 59.8 Å². The average Bonchev–Trinajstić information content (AvgIpc) is 3.02. The number of hydrogen-bond donors (Lipinski definition) is 1. The second kappa shape index (κ2) is 8.67. The zero-order valence-corrected chi connectivity index (χ0v) is 15.8. The second-order valence-corrected chi connectivity index (χ2v) is 7.00. The monoisotopic (exact) mass is 366 g/mol. The van der Waals surface area contributed by atoms with Gasteiger partial charge in [-0.25, -0.2) is 0 Å². The highest BCUT2D eigenvalue weighted by molar-refractivity contribution is 7.99. The molecule has 0 radical (unpaired) electrons. The van der Waals surface area contributed by atoms with E-state index in [9.17, 15) is 4.79 Å². The summed E-state index contributed by atoms with van der Waals surface area (Å²) < 4.78 is 1.93. The molecular formula is C20H22N4OS. The van der Waals surface area contributed by atoms with Crippen LogP contribution >= 0.6 is 11.8 Å². The highest BCUT2D eigenvalue weighted by Crippen LogP contribution is 2.24. The van der Waals surface area contributed by atoms with Crippen molar-refractivity contribution in [1.82, 2.24) is 20.1 Å². The average molecular weight is 366 g/mol. The Morgan fingerprint density at radius 2 is 1.81 bits per heavy atom. The molecule has 2 aromatic carbocycles. The first-order chi connectivity index (χ1) is 12.6. The van der Waals surface area contributed by atoms with E-state index in [1.165, 1.54) is 17.3 Å². The van der Waals surface area contributed by atoms with Gasteiger partial charge in [0.05, 0.1) is 5.75 Å². The minimum absolute atomic E-state index is 0.00590. The smallest absolute Gasteiger partial charge is 0.230 e. The number of nitrogens with zero attached hydrogens (tertiary/aromatic N) is 3. The molecule has 0 bridgehead atoms. The van der Waals surface area contributed by atoms with Crippen LogP contribution in [0.5, 0.6) is 0 Å². The summed E-state index contributed by atoms with van der Waals surface area (Å²) in [5, 5.41) is 12.2. The Morgan fingerprint density at radius 1 is 1.08 bits per heavy atom. The van der Waals surface area contributed by atoms with Gasteiger partial charge in [-0.1, -0.05) is 66.4 Å². The van der Waals surface area contributed by atoms with Gasteiger partial charge in [0.1, 0.15) is 0 Å². The maximum absolute atomic E-state index is 12.1. The maximum Gasteiger partial charge on any atom is 0.230 e. The van der Waals surface area contributed by atoms with Crippen molar-refractivity contribution >= 4 is 17.7 Å². The van der Waals surface area contributed by atoms with Crippen molar-refractivity contribution in [3.8, 4) is 11.4 Å². The van der Waals surface area contributed by atoms with Gasteiger partial charge in [-0.3, -0.25) is 4.79 Å². The largest absolute Gasteiger partial charge is 0.355 e. The van der Waals surface area contributed by atoms with Crippen LogP contribution in [0.3, 0.4) is 0 Å². The molecule has 6 heteroatoms. The van der Waals surface area contributed by atoms with E-state index in [0.29, 0.717) is 12.3 Å². The number of hydrogen-bond acceptors (Lipinski definition) is 4. The molecule has 0 fully saturated rings. The van der Waals surface area contributed by atoms with Crippen LogP contribution in [0.4, 0.5) is 0 Å². The number of carbonyl (C=O) groups excluding carboxylic acids is 1. The number of rotatable bonds is 7. The van der Waals surface area contributed by atoms with Crippen LogP contribution in [0.25, 0.3) is 11.4 Å². The van der Waals surface area contributed by atoms with E-state index < -0.39 is 0 Å². The summed E-state index contributed by atoms with van der Waals surface area (Å²) in [6.07, 6.45) is 0.832. The number of amides is 1. The molecule has 1 N–H and O–H groups in total. The highest BCUT2D eigenvalue weighted by atomic mass is 32.2. The van der Waals surface area contributed by atoms with E-state index in [-0.39, 0.29) is 5.91 Å². The molecule has 1 aromatic heterocycles. The highest BCUT2D eigenvalue weighted by Gasteiger charge is 2.14. The molecule has 134 valence electrons. The van der Waals surface area contributed by atoms with Crippen molar-refractivity contribution in [2.24, 2.45) is 7.05 Å². The zero-order valence-electron chi connectivity index (χ0n) is 15.0. The number of aromatic nitrogens is 3. The Bertz CT molecular complexity index is 877. The Kier molecular flexibility index (Phi) is 6.07. The summed E-state index contributed by atoms with van der Waals surface area (Å²) in [6, 6.07) is 18.2. The van der Waals surface area contributed by atoms with Gasteiger partial charge >= 0.3 is 0 Å². The second-order valence-electron chi connectivity index (χ2n) is 6.05. The van der Waals surface area contributed by atoms with E-state index in [0.717, 1.165) is 28.5 Å². The molecule has 0 saturated carbocycles. The van der Waals surface area contributed by atoms with Crippen molar-refractivity contribution in [1.29, 1.82) is 0 Å². The molecule has 5 nitrogen and oxygen atoms in total. The molecule has 3 rings (SSSR count). The first-order valence-corrected chi connectivity index (χ1v) is 9.52. The summed E-state index contributed by atoms with van der Waals surface area (Å²) in [5.41, 5.74) is 3.43. The first-order valence-electron chi connectivity index (χ1n) is 8.54. The lowest BCUT2D eigenvalue weighted by Gasteiger charge is -2.07. The number of nitrogens with one attached hydrogen (secondary N) is 1.